The van der Waals surface area contributed by atoms with Gasteiger partial charge in [0.1, 0.15) is 17.5 Å². The molecule has 1 unspecified atom stereocenters. The van der Waals surface area contributed by atoms with Gasteiger partial charge in [-0.2, -0.15) is 11.8 Å². The summed E-state index contributed by atoms with van der Waals surface area (Å²) in [4.78, 5) is 35.3. The van der Waals surface area contributed by atoms with E-state index in [9.17, 15) is 9.59 Å². The summed E-state index contributed by atoms with van der Waals surface area (Å²) in [6.07, 6.45) is 3.75. The molecule has 8 heteroatoms. The Morgan fingerprint density at radius 3 is 2.63 bits per heavy atom. The van der Waals surface area contributed by atoms with Gasteiger partial charge in [-0.05, 0) is 64.2 Å². The lowest BCUT2D eigenvalue weighted by atomic mass is 9.95. The van der Waals surface area contributed by atoms with Crippen LogP contribution in [0.2, 0.25) is 0 Å². The van der Waals surface area contributed by atoms with Crippen LogP contribution in [0.1, 0.15) is 51.8 Å². The standard InChI is InChI=1S/C22H32N4O3S/c1-22(2,3)29-21(28)25-18(11-14-30-4)20(27)26-12-9-15(10-13-26)19-23-16-7-5-6-8-17(16)24-19/h5-8,15,18H,9-14H2,1-4H3,(H,23,24)(H,25,28). The molecule has 0 bridgehead atoms. The highest BCUT2D eigenvalue weighted by Crippen LogP contribution is 2.28. The number of aromatic nitrogens is 2. The Kier molecular flexibility index (Phi) is 7.28. The molecule has 164 valence electrons. The number of nitrogens with one attached hydrogen (secondary N) is 2. The number of alkyl carbamates (subject to hydrolysis) is 1. The topological polar surface area (TPSA) is 87.3 Å². The van der Waals surface area contributed by atoms with Crippen LogP contribution >= 0.6 is 11.8 Å². The van der Waals surface area contributed by atoms with E-state index in [-0.39, 0.29) is 5.91 Å². The van der Waals surface area contributed by atoms with Crippen molar-refractivity contribution in [3.63, 3.8) is 0 Å². The summed E-state index contributed by atoms with van der Waals surface area (Å²) in [6, 6.07) is 7.46. The highest BCUT2D eigenvalue weighted by Gasteiger charge is 2.31. The van der Waals surface area contributed by atoms with Crippen LogP contribution < -0.4 is 5.32 Å². The number of carbonyl (C=O) groups is 2. The molecule has 1 saturated heterocycles. The lowest BCUT2D eigenvalue weighted by Crippen LogP contribution is -2.51. The predicted octanol–water partition coefficient (Wildman–Crippen LogP) is 3.92. The molecule has 1 aliphatic heterocycles. The van der Waals surface area contributed by atoms with Crippen LogP contribution in [0, 0.1) is 0 Å². The third-order valence-corrected chi connectivity index (χ3v) is 5.84. The fourth-order valence-corrected chi connectivity index (χ4v) is 4.17. The summed E-state index contributed by atoms with van der Waals surface area (Å²) >= 11 is 1.66. The predicted molar refractivity (Wildman–Crippen MR) is 121 cm³/mol. The number of ether oxygens (including phenoxy) is 1. The van der Waals surface area contributed by atoms with Gasteiger partial charge in [0, 0.05) is 19.0 Å². The van der Waals surface area contributed by atoms with Gasteiger partial charge in [0.25, 0.3) is 0 Å². The monoisotopic (exact) mass is 432 g/mol. The fraction of sp³-hybridized carbons (Fsp3) is 0.591. The van der Waals surface area contributed by atoms with Gasteiger partial charge in [-0.25, -0.2) is 9.78 Å². The summed E-state index contributed by atoms with van der Waals surface area (Å²) in [5.74, 6) is 2.07. The molecule has 7 nitrogen and oxygen atoms in total. The Labute approximate surface area is 182 Å². The molecule has 2 N–H and O–H groups in total. The molecule has 1 aromatic heterocycles. The maximum absolute atomic E-state index is 13.1. The van der Waals surface area contributed by atoms with Crippen LogP contribution in [0.25, 0.3) is 11.0 Å². The molecule has 30 heavy (non-hydrogen) atoms. The Morgan fingerprint density at radius 2 is 2.00 bits per heavy atom. The van der Waals surface area contributed by atoms with Crippen molar-refractivity contribution in [2.24, 2.45) is 0 Å². The van der Waals surface area contributed by atoms with Gasteiger partial charge < -0.3 is 19.9 Å². The summed E-state index contributed by atoms with van der Waals surface area (Å²) in [5.41, 5.74) is 1.43. The number of thioether (sulfide) groups is 1. The molecule has 0 aliphatic carbocycles. The van der Waals surface area contributed by atoms with E-state index < -0.39 is 17.7 Å². The summed E-state index contributed by atoms with van der Waals surface area (Å²) in [7, 11) is 0. The number of likely N-dealkylation sites (tertiary alicyclic amines) is 1. The van der Waals surface area contributed by atoms with Gasteiger partial charge in [0.15, 0.2) is 0 Å². The van der Waals surface area contributed by atoms with Crippen molar-refractivity contribution in [2.45, 2.75) is 57.6 Å². The highest BCUT2D eigenvalue weighted by atomic mass is 32.2. The van der Waals surface area contributed by atoms with Crippen molar-refractivity contribution in [3.8, 4) is 0 Å². The van der Waals surface area contributed by atoms with Gasteiger partial charge in [-0.15, -0.1) is 0 Å². The first kappa shape index (κ1) is 22.5. The average Bonchev–Trinajstić information content (AvgIpc) is 3.13. The normalized spacial score (nSPS) is 16.5. The zero-order chi connectivity index (χ0) is 21.7. The van der Waals surface area contributed by atoms with Crippen molar-refractivity contribution in [1.29, 1.82) is 0 Å². The maximum Gasteiger partial charge on any atom is 0.408 e. The van der Waals surface area contributed by atoms with E-state index in [1.807, 2.05) is 56.2 Å². The zero-order valence-corrected chi connectivity index (χ0v) is 19.1. The molecule has 2 heterocycles. The Morgan fingerprint density at radius 1 is 1.30 bits per heavy atom. The minimum Gasteiger partial charge on any atom is -0.444 e. The van der Waals surface area contributed by atoms with Crippen molar-refractivity contribution >= 4 is 34.8 Å². The third kappa shape index (κ3) is 5.90. The second-order valence-electron chi connectivity index (χ2n) is 8.72. The average molecular weight is 433 g/mol. The largest absolute Gasteiger partial charge is 0.444 e. The molecule has 3 rings (SSSR count). The van der Waals surface area contributed by atoms with Gasteiger partial charge >= 0.3 is 6.09 Å². The number of benzene rings is 1. The molecule has 1 atom stereocenters. The minimum absolute atomic E-state index is 0.0297. The van der Waals surface area contributed by atoms with E-state index in [2.05, 4.69) is 10.3 Å². The van der Waals surface area contributed by atoms with E-state index in [1.165, 1.54) is 0 Å². The Balaban J connectivity index is 1.59. The minimum atomic E-state index is -0.595. The summed E-state index contributed by atoms with van der Waals surface area (Å²) in [5, 5.41) is 2.78. The quantitative estimate of drug-likeness (QED) is 0.723. The number of piperidine rings is 1. The highest BCUT2D eigenvalue weighted by molar-refractivity contribution is 7.98. The van der Waals surface area contributed by atoms with E-state index in [0.717, 1.165) is 35.5 Å². The second kappa shape index (κ2) is 9.73. The Hall–Kier alpha value is -2.22. The van der Waals surface area contributed by atoms with Crippen molar-refractivity contribution in [1.82, 2.24) is 20.2 Å². The van der Waals surface area contributed by atoms with Gasteiger partial charge in [0.05, 0.1) is 11.0 Å². The molecule has 2 aromatic rings. The van der Waals surface area contributed by atoms with E-state index in [4.69, 9.17) is 9.72 Å². The van der Waals surface area contributed by atoms with Crippen LogP contribution in [0.5, 0.6) is 0 Å². The third-order valence-electron chi connectivity index (χ3n) is 5.20. The number of fused-ring (bicyclic) bond motifs is 1. The number of H-pyrrole nitrogens is 1. The van der Waals surface area contributed by atoms with Crippen molar-refractivity contribution < 1.29 is 14.3 Å². The van der Waals surface area contributed by atoms with Crippen LogP contribution in [0.15, 0.2) is 24.3 Å². The number of hydrogen-bond acceptors (Lipinski definition) is 5. The lowest BCUT2D eigenvalue weighted by Gasteiger charge is -2.34. The molecule has 1 aromatic carbocycles. The number of imidazole rings is 1. The number of para-hydroxylation sites is 2. The summed E-state index contributed by atoms with van der Waals surface area (Å²) < 4.78 is 5.35. The van der Waals surface area contributed by atoms with E-state index in [0.29, 0.717) is 25.4 Å². The SMILES string of the molecule is CSCCC(NC(=O)OC(C)(C)C)C(=O)N1CCC(c2nc3ccccc3[nH]2)CC1. The molecule has 0 radical (unpaired) electrons. The van der Waals surface area contributed by atoms with Gasteiger partial charge in [0.2, 0.25) is 5.91 Å². The number of amides is 2. The fourth-order valence-electron chi connectivity index (χ4n) is 3.70. The smallest absolute Gasteiger partial charge is 0.408 e. The first-order valence-electron chi connectivity index (χ1n) is 10.5. The summed E-state index contributed by atoms with van der Waals surface area (Å²) in [6.45, 7) is 6.76. The zero-order valence-electron chi connectivity index (χ0n) is 18.2. The number of hydrogen-bond donors (Lipinski definition) is 2. The molecular formula is C22H32N4O3S. The Bertz CT molecular complexity index is 836. The van der Waals surface area contributed by atoms with Crippen molar-refractivity contribution in [3.05, 3.63) is 30.1 Å². The molecule has 1 fully saturated rings. The number of rotatable bonds is 6. The molecule has 0 spiro atoms. The molecule has 1 aliphatic rings. The van der Waals surface area contributed by atoms with E-state index in [1.54, 1.807) is 11.8 Å². The molecule has 2 amide bonds. The van der Waals surface area contributed by atoms with Gasteiger partial charge in [-0.3, -0.25) is 4.79 Å². The number of carbonyl (C=O) groups excluding carboxylic acids is 2. The van der Waals surface area contributed by atoms with E-state index >= 15 is 0 Å². The van der Waals surface area contributed by atoms with Crippen LogP contribution in [-0.2, 0) is 9.53 Å². The lowest BCUT2D eigenvalue weighted by molar-refractivity contribution is -0.134. The number of aromatic amines is 1. The van der Waals surface area contributed by atoms with Crippen LogP contribution in [0.4, 0.5) is 4.79 Å². The first-order valence-corrected chi connectivity index (χ1v) is 11.9. The second-order valence-corrected chi connectivity index (χ2v) is 9.70. The van der Waals surface area contributed by atoms with Crippen LogP contribution in [0.3, 0.4) is 0 Å². The molecule has 0 saturated carbocycles. The number of nitrogens with zero attached hydrogens (tertiary/aromatic N) is 2. The first-order chi connectivity index (χ1) is 14.3. The van der Waals surface area contributed by atoms with Crippen molar-refractivity contribution in [2.75, 3.05) is 25.1 Å². The molecular weight excluding hydrogens is 400 g/mol. The van der Waals surface area contributed by atoms with Crippen LogP contribution in [-0.4, -0.2) is 63.6 Å². The van der Waals surface area contributed by atoms with Gasteiger partial charge in [-0.1, -0.05) is 12.1 Å². The maximum atomic E-state index is 13.1.